The fourth-order valence-corrected chi connectivity index (χ4v) is 2.57. The predicted octanol–water partition coefficient (Wildman–Crippen LogP) is 2.83. The first-order valence-corrected chi connectivity index (χ1v) is 5.56. The summed E-state index contributed by atoms with van der Waals surface area (Å²) < 4.78 is 6.30. The Balaban J connectivity index is 2.55. The van der Waals surface area contributed by atoms with E-state index in [4.69, 9.17) is 4.74 Å². The molecule has 1 aliphatic rings. The van der Waals surface area contributed by atoms with E-state index in [2.05, 4.69) is 15.9 Å². The Morgan fingerprint density at radius 2 is 2.29 bits per heavy atom. The highest BCUT2D eigenvalue weighted by atomic mass is 79.9. The number of benzene rings is 1. The van der Waals surface area contributed by atoms with Crippen molar-refractivity contribution in [2.24, 2.45) is 0 Å². The number of ether oxygens (including phenoxy) is 1. The maximum atomic E-state index is 9.80. The molecule has 0 fully saturated rings. The van der Waals surface area contributed by atoms with Gasteiger partial charge in [-0.3, -0.25) is 0 Å². The summed E-state index contributed by atoms with van der Waals surface area (Å²) in [5.41, 5.74) is 2.18. The minimum atomic E-state index is -0.319. The molecule has 76 valence electrons. The zero-order chi connectivity index (χ0) is 10.1. The highest BCUT2D eigenvalue weighted by Crippen LogP contribution is 2.39. The van der Waals surface area contributed by atoms with Crippen LogP contribution >= 0.6 is 15.9 Å². The van der Waals surface area contributed by atoms with Crippen molar-refractivity contribution in [3.8, 4) is 5.75 Å². The van der Waals surface area contributed by atoms with Gasteiger partial charge in [0.1, 0.15) is 5.75 Å². The molecular weight excluding hydrogens is 244 g/mol. The third-order valence-electron chi connectivity index (χ3n) is 2.72. The average molecular weight is 257 g/mol. The second kappa shape index (κ2) is 3.91. The van der Waals surface area contributed by atoms with Gasteiger partial charge in [0.2, 0.25) is 0 Å². The van der Waals surface area contributed by atoms with Gasteiger partial charge in [-0.25, -0.2) is 0 Å². The summed E-state index contributed by atoms with van der Waals surface area (Å²) in [4.78, 5) is 0. The van der Waals surface area contributed by atoms with Crippen molar-refractivity contribution in [2.75, 3.05) is 7.11 Å². The summed E-state index contributed by atoms with van der Waals surface area (Å²) in [5, 5.41) is 9.80. The highest BCUT2D eigenvalue weighted by molar-refractivity contribution is 9.10. The monoisotopic (exact) mass is 256 g/mol. The van der Waals surface area contributed by atoms with Gasteiger partial charge >= 0.3 is 0 Å². The number of aliphatic hydroxyl groups excluding tert-OH is 1. The first kappa shape index (κ1) is 9.99. The van der Waals surface area contributed by atoms with Crippen LogP contribution in [0.25, 0.3) is 0 Å². The van der Waals surface area contributed by atoms with Crippen LogP contribution in [0.15, 0.2) is 16.6 Å². The fraction of sp³-hybridized carbons (Fsp3) is 0.455. The SMILES string of the molecule is COc1c(Br)ccc2c1CCCC2O. The Bertz CT molecular complexity index is 349. The van der Waals surface area contributed by atoms with Gasteiger partial charge in [-0.2, -0.15) is 0 Å². The van der Waals surface area contributed by atoms with E-state index >= 15 is 0 Å². The molecule has 0 spiro atoms. The molecule has 1 aliphatic carbocycles. The van der Waals surface area contributed by atoms with Gasteiger partial charge in [0, 0.05) is 5.56 Å². The molecule has 1 aromatic carbocycles. The van der Waals surface area contributed by atoms with Crippen molar-refractivity contribution < 1.29 is 9.84 Å². The quantitative estimate of drug-likeness (QED) is 0.838. The summed E-state index contributed by atoms with van der Waals surface area (Å²) >= 11 is 3.45. The maximum Gasteiger partial charge on any atom is 0.136 e. The molecule has 0 heterocycles. The first-order chi connectivity index (χ1) is 6.74. The smallest absolute Gasteiger partial charge is 0.136 e. The van der Waals surface area contributed by atoms with Gasteiger partial charge in [-0.05, 0) is 46.8 Å². The lowest BCUT2D eigenvalue weighted by Gasteiger charge is -2.23. The lowest BCUT2D eigenvalue weighted by molar-refractivity contribution is 0.155. The topological polar surface area (TPSA) is 29.5 Å². The largest absolute Gasteiger partial charge is 0.495 e. The van der Waals surface area contributed by atoms with Crippen molar-refractivity contribution >= 4 is 15.9 Å². The third-order valence-corrected chi connectivity index (χ3v) is 3.34. The highest BCUT2D eigenvalue weighted by Gasteiger charge is 2.22. The number of methoxy groups -OCH3 is 1. The lowest BCUT2D eigenvalue weighted by Crippen LogP contribution is -2.10. The molecule has 1 atom stereocenters. The Hall–Kier alpha value is -0.540. The van der Waals surface area contributed by atoms with Crippen LogP contribution in [0.1, 0.15) is 30.1 Å². The number of halogens is 1. The van der Waals surface area contributed by atoms with E-state index in [1.54, 1.807) is 7.11 Å². The standard InChI is InChI=1S/C11H13BrO2/c1-14-11-8-3-2-4-10(13)7(8)5-6-9(11)12/h5-6,10,13H,2-4H2,1H3. The average Bonchev–Trinajstić information content (AvgIpc) is 2.18. The normalized spacial score (nSPS) is 20.4. The van der Waals surface area contributed by atoms with Crippen LogP contribution in [0.5, 0.6) is 5.75 Å². The van der Waals surface area contributed by atoms with Gasteiger partial charge in [0.05, 0.1) is 17.7 Å². The molecule has 0 radical (unpaired) electrons. The van der Waals surface area contributed by atoms with Crippen LogP contribution in [-0.2, 0) is 6.42 Å². The molecule has 0 aromatic heterocycles. The van der Waals surface area contributed by atoms with E-state index in [0.717, 1.165) is 40.6 Å². The van der Waals surface area contributed by atoms with E-state index in [1.165, 1.54) is 0 Å². The van der Waals surface area contributed by atoms with Gasteiger partial charge in [-0.15, -0.1) is 0 Å². The van der Waals surface area contributed by atoms with Crippen LogP contribution in [0.3, 0.4) is 0 Å². The summed E-state index contributed by atoms with van der Waals surface area (Å²) in [6.07, 6.45) is 2.56. The van der Waals surface area contributed by atoms with Gasteiger partial charge < -0.3 is 9.84 Å². The Labute approximate surface area is 92.0 Å². The minimum absolute atomic E-state index is 0.319. The Morgan fingerprint density at radius 1 is 1.50 bits per heavy atom. The third kappa shape index (κ3) is 1.55. The second-order valence-electron chi connectivity index (χ2n) is 3.56. The fourth-order valence-electron chi connectivity index (χ4n) is 2.03. The van der Waals surface area contributed by atoms with E-state index in [0.29, 0.717) is 0 Å². The van der Waals surface area contributed by atoms with Crippen molar-refractivity contribution in [1.29, 1.82) is 0 Å². The maximum absolute atomic E-state index is 9.80. The molecule has 0 amide bonds. The number of aliphatic hydroxyl groups is 1. The lowest BCUT2D eigenvalue weighted by atomic mass is 9.89. The summed E-state index contributed by atoms with van der Waals surface area (Å²) in [5.74, 6) is 0.876. The van der Waals surface area contributed by atoms with Crippen LogP contribution in [0.4, 0.5) is 0 Å². The van der Waals surface area contributed by atoms with Crippen LogP contribution in [-0.4, -0.2) is 12.2 Å². The molecule has 14 heavy (non-hydrogen) atoms. The van der Waals surface area contributed by atoms with E-state index in [9.17, 15) is 5.11 Å². The zero-order valence-corrected chi connectivity index (χ0v) is 9.67. The molecule has 1 aromatic rings. The van der Waals surface area contributed by atoms with Gasteiger partial charge in [0.15, 0.2) is 0 Å². The number of fused-ring (bicyclic) bond motifs is 1. The molecule has 1 unspecified atom stereocenters. The molecule has 0 saturated heterocycles. The number of hydrogen-bond donors (Lipinski definition) is 1. The van der Waals surface area contributed by atoms with Crippen molar-refractivity contribution in [3.05, 3.63) is 27.7 Å². The second-order valence-corrected chi connectivity index (χ2v) is 4.41. The molecule has 2 rings (SSSR count). The minimum Gasteiger partial charge on any atom is -0.495 e. The molecule has 0 aliphatic heterocycles. The zero-order valence-electron chi connectivity index (χ0n) is 8.09. The molecule has 0 saturated carbocycles. The molecule has 0 bridgehead atoms. The molecular formula is C11H13BrO2. The van der Waals surface area contributed by atoms with Crippen molar-refractivity contribution in [2.45, 2.75) is 25.4 Å². The van der Waals surface area contributed by atoms with E-state index in [-0.39, 0.29) is 6.10 Å². The van der Waals surface area contributed by atoms with E-state index < -0.39 is 0 Å². The predicted molar refractivity (Wildman–Crippen MR) is 58.6 cm³/mol. The van der Waals surface area contributed by atoms with Crippen LogP contribution < -0.4 is 4.74 Å². The van der Waals surface area contributed by atoms with Crippen molar-refractivity contribution in [1.82, 2.24) is 0 Å². The summed E-state index contributed by atoms with van der Waals surface area (Å²) in [6.45, 7) is 0. The van der Waals surface area contributed by atoms with Gasteiger partial charge in [-0.1, -0.05) is 6.07 Å². The first-order valence-electron chi connectivity index (χ1n) is 4.77. The van der Waals surface area contributed by atoms with Gasteiger partial charge in [0.25, 0.3) is 0 Å². The number of rotatable bonds is 1. The van der Waals surface area contributed by atoms with Crippen LogP contribution in [0, 0.1) is 0 Å². The number of hydrogen-bond acceptors (Lipinski definition) is 2. The Morgan fingerprint density at radius 3 is 3.00 bits per heavy atom. The van der Waals surface area contributed by atoms with Crippen LogP contribution in [0.2, 0.25) is 0 Å². The molecule has 3 heteroatoms. The molecule has 1 N–H and O–H groups in total. The van der Waals surface area contributed by atoms with Crippen molar-refractivity contribution in [3.63, 3.8) is 0 Å². The molecule has 2 nitrogen and oxygen atoms in total. The Kier molecular flexibility index (Phi) is 2.79. The van der Waals surface area contributed by atoms with E-state index in [1.807, 2.05) is 12.1 Å². The summed E-state index contributed by atoms with van der Waals surface area (Å²) in [7, 11) is 1.67. The summed E-state index contributed by atoms with van der Waals surface area (Å²) in [6, 6.07) is 3.91.